The Morgan fingerprint density at radius 3 is 2.30 bits per heavy atom. The molecular weight excluding hydrogens is 340 g/mol. The Morgan fingerprint density at radius 1 is 1.10 bits per heavy atom. The van der Waals surface area contributed by atoms with Crippen molar-refractivity contribution in [1.29, 1.82) is 0 Å². The molecule has 0 unspecified atom stereocenters. The van der Waals surface area contributed by atoms with E-state index in [9.17, 15) is 4.79 Å². The maximum absolute atomic E-state index is 11.9. The monoisotopic (exact) mass is 352 g/mol. The van der Waals surface area contributed by atoms with Crippen LogP contribution in [0.4, 0.5) is 16.2 Å². The number of rotatable bonds is 2. The summed E-state index contributed by atoms with van der Waals surface area (Å²) in [4.78, 5) is 11.9. The molecule has 0 aromatic heterocycles. The minimum Gasteiger partial charge on any atom is -0.308 e. The molecular formula is C15H14BrClN2O. The third kappa shape index (κ3) is 3.52. The van der Waals surface area contributed by atoms with Gasteiger partial charge in [0, 0.05) is 10.2 Å². The van der Waals surface area contributed by atoms with Crippen LogP contribution in [0.3, 0.4) is 0 Å². The summed E-state index contributed by atoms with van der Waals surface area (Å²) in [6.45, 7) is 3.96. The molecule has 3 nitrogen and oxygen atoms in total. The van der Waals surface area contributed by atoms with E-state index in [1.54, 1.807) is 12.1 Å². The lowest BCUT2D eigenvalue weighted by atomic mass is 10.1. The lowest BCUT2D eigenvalue weighted by Crippen LogP contribution is -2.19. The largest absolute Gasteiger partial charge is 0.323 e. The van der Waals surface area contributed by atoms with E-state index in [1.165, 1.54) is 0 Å². The number of anilines is 2. The predicted octanol–water partition coefficient (Wildman–Crippen LogP) is 5.36. The molecule has 0 saturated heterocycles. The number of carbonyl (C=O) groups is 1. The maximum atomic E-state index is 11.9. The van der Waals surface area contributed by atoms with Crippen molar-refractivity contribution in [2.45, 2.75) is 13.8 Å². The average molecular weight is 354 g/mol. The fraction of sp³-hybridized carbons (Fsp3) is 0.133. The molecule has 104 valence electrons. The highest BCUT2D eigenvalue weighted by Crippen LogP contribution is 2.25. The Balaban J connectivity index is 2.11. The zero-order valence-corrected chi connectivity index (χ0v) is 13.5. The van der Waals surface area contributed by atoms with Crippen molar-refractivity contribution in [3.8, 4) is 0 Å². The summed E-state index contributed by atoms with van der Waals surface area (Å²) in [6.07, 6.45) is 0. The molecule has 0 aliphatic carbocycles. The second-order valence-corrected chi connectivity index (χ2v) is 5.68. The zero-order chi connectivity index (χ0) is 14.7. The van der Waals surface area contributed by atoms with Crippen molar-refractivity contribution in [3.63, 3.8) is 0 Å². The number of para-hydroxylation sites is 1. The van der Waals surface area contributed by atoms with Gasteiger partial charge >= 0.3 is 6.03 Å². The summed E-state index contributed by atoms with van der Waals surface area (Å²) < 4.78 is 1.05. The van der Waals surface area contributed by atoms with Crippen LogP contribution in [0, 0.1) is 13.8 Å². The number of hydrogen-bond acceptors (Lipinski definition) is 1. The van der Waals surface area contributed by atoms with Crippen molar-refractivity contribution >= 4 is 44.9 Å². The number of carbonyl (C=O) groups excluding carboxylic acids is 1. The molecule has 0 saturated carbocycles. The van der Waals surface area contributed by atoms with Crippen LogP contribution in [0.2, 0.25) is 5.02 Å². The molecule has 0 heterocycles. The number of nitrogens with one attached hydrogen (secondary N) is 2. The van der Waals surface area contributed by atoms with Gasteiger partial charge < -0.3 is 10.6 Å². The Kier molecular flexibility index (Phi) is 4.68. The molecule has 2 aromatic rings. The third-order valence-electron chi connectivity index (χ3n) is 2.82. The van der Waals surface area contributed by atoms with Crippen LogP contribution in [0.25, 0.3) is 0 Å². The summed E-state index contributed by atoms with van der Waals surface area (Å²) in [7, 11) is 0. The van der Waals surface area contributed by atoms with Crippen LogP contribution in [0.1, 0.15) is 11.1 Å². The Bertz CT molecular complexity index is 635. The quantitative estimate of drug-likeness (QED) is 0.749. The summed E-state index contributed by atoms with van der Waals surface area (Å²) in [5.41, 5.74) is 3.46. The third-order valence-corrected chi connectivity index (χ3v) is 4.40. The molecule has 20 heavy (non-hydrogen) atoms. The van der Waals surface area contributed by atoms with Crippen LogP contribution >= 0.6 is 27.5 Å². The first-order valence-corrected chi connectivity index (χ1v) is 7.24. The first-order chi connectivity index (χ1) is 9.47. The fourth-order valence-electron chi connectivity index (χ4n) is 1.87. The minimum atomic E-state index is -0.320. The van der Waals surface area contributed by atoms with Gasteiger partial charge in [0.25, 0.3) is 0 Å². The maximum Gasteiger partial charge on any atom is 0.323 e. The van der Waals surface area contributed by atoms with Gasteiger partial charge in [0.2, 0.25) is 0 Å². The van der Waals surface area contributed by atoms with Gasteiger partial charge in [-0.2, -0.15) is 0 Å². The van der Waals surface area contributed by atoms with Gasteiger partial charge in [0.15, 0.2) is 0 Å². The number of benzene rings is 2. The Morgan fingerprint density at radius 2 is 1.70 bits per heavy atom. The van der Waals surface area contributed by atoms with Gasteiger partial charge in [-0.25, -0.2) is 4.79 Å². The molecule has 0 radical (unpaired) electrons. The number of urea groups is 1. The zero-order valence-electron chi connectivity index (χ0n) is 11.1. The first kappa shape index (κ1) is 14.9. The van der Waals surface area contributed by atoms with E-state index in [-0.39, 0.29) is 6.03 Å². The Labute approximate surface area is 131 Å². The summed E-state index contributed by atoms with van der Waals surface area (Å²) in [5, 5.41) is 6.02. The number of hydrogen-bond donors (Lipinski definition) is 2. The van der Waals surface area contributed by atoms with Crippen LogP contribution in [-0.2, 0) is 0 Å². The first-order valence-electron chi connectivity index (χ1n) is 6.06. The van der Waals surface area contributed by atoms with Crippen LogP contribution in [0.15, 0.2) is 40.9 Å². The van der Waals surface area contributed by atoms with E-state index >= 15 is 0 Å². The van der Waals surface area contributed by atoms with Crippen molar-refractivity contribution in [3.05, 3.63) is 57.0 Å². The van der Waals surface area contributed by atoms with Gasteiger partial charge in [-0.15, -0.1) is 0 Å². The van der Waals surface area contributed by atoms with Crippen molar-refractivity contribution in [1.82, 2.24) is 0 Å². The molecule has 2 rings (SSSR count). The van der Waals surface area contributed by atoms with E-state index in [0.29, 0.717) is 10.7 Å². The minimum absolute atomic E-state index is 0.320. The lowest BCUT2D eigenvalue weighted by molar-refractivity contribution is 0.262. The Hall–Kier alpha value is -1.52. The predicted molar refractivity (Wildman–Crippen MR) is 87.7 cm³/mol. The molecule has 2 amide bonds. The SMILES string of the molecule is Cc1cc(NC(=O)Nc2ccccc2Cl)cc(C)c1Br. The number of amides is 2. The molecule has 2 N–H and O–H groups in total. The highest BCUT2D eigenvalue weighted by Gasteiger charge is 2.07. The van der Waals surface area contributed by atoms with E-state index < -0.39 is 0 Å². The summed E-state index contributed by atoms with van der Waals surface area (Å²) in [5.74, 6) is 0. The molecule has 0 spiro atoms. The smallest absolute Gasteiger partial charge is 0.308 e. The summed E-state index contributed by atoms with van der Waals surface area (Å²) in [6, 6.07) is 10.6. The van der Waals surface area contributed by atoms with Gasteiger partial charge in [0.05, 0.1) is 10.7 Å². The molecule has 0 fully saturated rings. The van der Waals surface area contributed by atoms with E-state index in [1.807, 2.05) is 38.1 Å². The van der Waals surface area contributed by atoms with E-state index in [4.69, 9.17) is 11.6 Å². The van der Waals surface area contributed by atoms with Crippen LogP contribution < -0.4 is 10.6 Å². The second kappa shape index (κ2) is 6.29. The van der Waals surface area contributed by atoms with Gasteiger partial charge in [0.1, 0.15) is 0 Å². The normalized spacial score (nSPS) is 10.2. The molecule has 0 atom stereocenters. The lowest BCUT2D eigenvalue weighted by Gasteiger charge is -2.11. The standard InChI is InChI=1S/C15H14BrClN2O/c1-9-7-11(8-10(2)14(9)16)18-15(20)19-13-6-4-3-5-12(13)17/h3-8H,1-2H3,(H2,18,19,20). The second-order valence-electron chi connectivity index (χ2n) is 4.48. The van der Waals surface area contributed by atoms with Gasteiger partial charge in [-0.05, 0) is 49.2 Å². The molecule has 0 aliphatic rings. The number of halogens is 2. The van der Waals surface area contributed by atoms with Crippen molar-refractivity contribution in [2.24, 2.45) is 0 Å². The van der Waals surface area contributed by atoms with Crippen molar-refractivity contribution < 1.29 is 4.79 Å². The molecule has 0 bridgehead atoms. The van der Waals surface area contributed by atoms with Gasteiger partial charge in [-0.3, -0.25) is 0 Å². The molecule has 2 aromatic carbocycles. The highest BCUT2D eigenvalue weighted by atomic mass is 79.9. The summed E-state index contributed by atoms with van der Waals surface area (Å²) >= 11 is 9.49. The van der Waals surface area contributed by atoms with Crippen LogP contribution in [0.5, 0.6) is 0 Å². The van der Waals surface area contributed by atoms with E-state index in [2.05, 4.69) is 26.6 Å². The van der Waals surface area contributed by atoms with Crippen molar-refractivity contribution in [2.75, 3.05) is 10.6 Å². The average Bonchev–Trinajstić information content (AvgIpc) is 2.38. The molecule has 5 heteroatoms. The van der Waals surface area contributed by atoms with Gasteiger partial charge in [-0.1, -0.05) is 39.7 Å². The van der Waals surface area contributed by atoms with Crippen LogP contribution in [-0.4, -0.2) is 6.03 Å². The topological polar surface area (TPSA) is 41.1 Å². The van der Waals surface area contributed by atoms with E-state index in [0.717, 1.165) is 21.3 Å². The fourth-order valence-corrected chi connectivity index (χ4v) is 2.28. The number of aryl methyl sites for hydroxylation is 2. The molecule has 0 aliphatic heterocycles. The highest BCUT2D eigenvalue weighted by molar-refractivity contribution is 9.10.